The number of amides is 2. The van der Waals surface area contributed by atoms with E-state index < -0.39 is 0 Å². The van der Waals surface area contributed by atoms with E-state index in [-0.39, 0.29) is 6.03 Å². The topological polar surface area (TPSA) is 37.3 Å². The van der Waals surface area contributed by atoms with Crippen LogP contribution in [-0.4, -0.2) is 22.0 Å². The molecule has 0 radical (unpaired) electrons. The first-order valence-electron chi connectivity index (χ1n) is 7.94. The van der Waals surface area contributed by atoms with Gasteiger partial charge >= 0.3 is 6.03 Å². The van der Waals surface area contributed by atoms with Crippen molar-refractivity contribution in [2.45, 2.75) is 6.54 Å². The number of fused-ring (bicyclic) bond motifs is 1. The molecule has 3 aromatic rings. The van der Waals surface area contributed by atoms with Crippen LogP contribution in [0.15, 0.2) is 73.4 Å². The van der Waals surface area contributed by atoms with Crippen LogP contribution >= 0.6 is 0 Å². The number of benzene rings is 2. The van der Waals surface area contributed by atoms with Crippen molar-refractivity contribution in [1.29, 1.82) is 0 Å². The Bertz CT molecular complexity index is 861. The Morgan fingerprint density at radius 3 is 2.71 bits per heavy atom. The van der Waals surface area contributed by atoms with Crippen molar-refractivity contribution >= 4 is 22.5 Å². The van der Waals surface area contributed by atoms with Crippen LogP contribution in [0.2, 0.25) is 0 Å². The van der Waals surface area contributed by atoms with Gasteiger partial charge in [0.2, 0.25) is 0 Å². The minimum absolute atomic E-state index is 0.132. The van der Waals surface area contributed by atoms with Crippen molar-refractivity contribution in [2.24, 2.45) is 7.05 Å². The van der Waals surface area contributed by atoms with Gasteiger partial charge in [-0.05, 0) is 23.6 Å². The first kappa shape index (κ1) is 15.9. The van der Waals surface area contributed by atoms with Crippen LogP contribution in [0.25, 0.3) is 10.8 Å². The number of rotatable bonds is 5. The molecule has 0 fully saturated rings. The summed E-state index contributed by atoms with van der Waals surface area (Å²) in [5.41, 5.74) is 1.89. The Labute approximate surface area is 142 Å². The van der Waals surface area contributed by atoms with E-state index >= 15 is 0 Å². The number of aromatic nitrogens is 1. The smallest absolute Gasteiger partial charge is 0.322 e. The van der Waals surface area contributed by atoms with Crippen molar-refractivity contribution in [2.75, 3.05) is 11.9 Å². The number of hydrogen-bond donors (Lipinski definition) is 1. The van der Waals surface area contributed by atoms with Gasteiger partial charge in [-0.1, -0.05) is 42.5 Å². The van der Waals surface area contributed by atoms with Crippen LogP contribution in [0.3, 0.4) is 0 Å². The lowest BCUT2D eigenvalue weighted by atomic mass is 10.1. The van der Waals surface area contributed by atoms with Crippen LogP contribution < -0.4 is 5.32 Å². The minimum atomic E-state index is -0.132. The number of nitrogens with one attached hydrogen (secondary N) is 1. The summed E-state index contributed by atoms with van der Waals surface area (Å²) >= 11 is 0. The molecule has 0 spiro atoms. The van der Waals surface area contributed by atoms with E-state index in [4.69, 9.17) is 0 Å². The molecule has 2 amide bonds. The molecule has 1 aromatic heterocycles. The van der Waals surface area contributed by atoms with Crippen molar-refractivity contribution < 1.29 is 4.79 Å². The molecule has 0 saturated carbocycles. The fraction of sp³-hybridized carbons (Fsp3) is 0.150. The normalized spacial score (nSPS) is 10.5. The van der Waals surface area contributed by atoms with Gasteiger partial charge in [0.1, 0.15) is 0 Å². The molecular formula is C20H21N3O. The quantitative estimate of drug-likeness (QED) is 0.695. The lowest BCUT2D eigenvalue weighted by Gasteiger charge is -2.22. The Balaban J connectivity index is 1.82. The first-order chi connectivity index (χ1) is 11.7. The lowest BCUT2D eigenvalue weighted by molar-refractivity contribution is 0.214. The number of aryl methyl sites for hydroxylation is 1. The van der Waals surface area contributed by atoms with Crippen LogP contribution in [0, 0.1) is 0 Å². The van der Waals surface area contributed by atoms with Gasteiger partial charge in [-0.2, -0.15) is 0 Å². The van der Waals surface area contributed by atoms with E-state index in [1.807, 2.05) is 72.4 Å². The summed E-state index contributed by atoms with van der Waals surface area (Å²) in [5.74, 6) is 0. The maximum atomic E-state index is 12.7. The molecule has 0 bridgehead atoms. The van der Waals surface area contributed by atoms with Crippen LogP contribution in [0.4, 0.5) is 10.5 Å². The summed E-state index contributed by atoms with van der Waals surface area (Å²) in [6.45, 7) is 4.78. The van der Waals surface area contributed by atoms with Gasteiger partial charge in [0.15, 0.2) is 0 Å². The SMILES string of the molecule is C=CCN(Cc1cccn1C)C(=O)Nc1cccc2ccccc12. The molecule has 1 heterocycles. The highest BCUT2D eigenvalue weighted by atomic mass is 16.2. The zero-order valence-electron chi connectivity index (χ0n) is 13.8. The summed E-state index contributed by atoms with van der Waals surface area (Å²) in [4.78, 5) is 14.5. The number of anilines is 1. The van der Waals surface area contributed by atoms with Crippen molar-refractivity contribution in [3.63, 3.8) is 0 Å². The van der Waals surface area contributed by atoms with Crippen molar-refractivity contribution in [3.8, 4) is 0 Å². The number of nitrogens with zero attached hydrogens (tertiary/aromatic N) is 2. The van der Waals surface area contributed by atoms with Crippen LogP contribution in [0.1, 0.15) is 5.69 Å². The third-order valence-corrected chi connectivity index (χ3v) is 4.07. The van der Waals surface area contributed by atoms with E-state index in [1.54, 1.807) is 11.0 Å². The molecule has 0 aliphatic heterocycles. The molecule has 4 heteroatoms. The Hall–Kier alpha value is -3.01. The number of urea groups is 1. The molecule has 24 heavy (non-hydrogen) atoms. The van der Waals surface area contributed by atoms with E-state index in [2.05, 4.69) is 11.9 Å². The molecule has 0 unspecified atom stereocenters. The van der Waals surface area contributed by atoms with Gasteiger partial charge in [0.25, 0.3) is 0 Å². The van der Waals surface area contributed by atoms with E-state index in [9.17, 15) is 4.79 Å². The van der Waals surface area contributed by atoms with Gasteiger partial charge in [0, 0.05) is 30.9 Å². The fourth-order valence-electron chi connectivity index (χ4n) is 2.76. The molecule has 1 N–H and O–H groups in total. The molecular weight excluding hydrogens is 298 g/mol. The summed E-state index contributed by atoms with van der Waals surface area (Å²) in [7, 11) is 1.98. The van der Waals surface area contributed by atoms with Gasteiger partial charge in [-0.25, -0.2) is 4.79 Å². The summed E-state index contributed by atoms with van der Waals surface area (Å²) in [6.07, 6.45) is 3.72. The number of carbonyl (C=O) groups excluding carboxylic acids is 1. The summed E-state index contributed by atoms with van der Waals surface area (Å²) in [5, 5.41) is 5.17. The molecule has 2 aromatic carbocycles. The summed E-state index contributed by atoms with van der Waals surface area (Å²) < 4.78 is 2.02. The highest BCUT2D eigenvalue weighted by Gasteiger charge is 2.15. The molecule has 0 aliphatic carbocycles. The monoisotopic (exact) mass is 319 g/mol. The fourth-order valence-corrected chi connectivity index (χ4v) is 2.76. The predicted molar refractivity (Wildman–Crippen MR) is 99.0 cm³/mol. The molecule has 4 nitrogen and oxygen atoms in total. The van der Waals surface area contributed by atoms with Crippen molar-refractivity contribution in [1.82, 2.24) is 9.47 Å². The third kappa shape index (κ3) is 3.33. The molecule has 122 valence electrons. The predicted octanol–water partition coefficient (Wildman–Crippen LogP) is 4.40. The minimum Gasteiger partial charge on any atom is -0.353 e. The average molecular weight is 319 g/mol. The molecule has 0 aliphatic rings. The van der Waals surface area contributed by atoms with Gasteiger partial charge in [-0.15, -0.1) is 6.58 Å². The van der Waals surface area contributed by atoms with Crippen molar-refractivity contribution in [3.05, 3.63) is 79.1 Å². The maximum Gasteiger partial charge on any atom is 0.322 e. The van der Waals surface area contributed by atoms with E-state index in [0.717, 1.165) is 22.2 Å². The van der Waals surface area contributed by atoms with Crippen LogP contribution in [0.5, 0.6) is 0 Å². The zero-order valence-corrected chi connectivity index (χ0v) is 13.8. The average Bonchev–Trinajstić information content (AvgIpc) is 3.00. The molecule has 0 atom stereocenters. The first-order valence-corrected chi connectivity index (χ1v) is 7.94. The van der Waals surface area contributed by atoms with Gasteiger partial charge in [0.05, 0.1) is 12.2 Å². The Kier molecular flexibility index (Phi) is 4.66. The standard InChI is InChI=1S/C20H21N3O/c1-3-13-23(15-17-10-7-14-22(17)2)20(24)21-19-12-6-9-16-8-4-5-11-18(16)19/h3-12,14H,1,13,15H2,2H3,(H,21,24). The van der Waals surface area contributed by atoms with Crippen LogP contribution in [-0.2, 0) is 13.6 Å². The molecule has 0 saturated heterocycles. The summed E-state index contributed by atoms with van der Waals surface area (Å²) in [6, 6.07) is 17.8. The third-order valence-electron chi connectivity index (χ3n) is 4.07. The Morgan fingerprint density at radius 1 is 1.17 bits per heavy atom. The maximum absolute atomic E-state index is 12.7. The van der Waals surface area contributed by atoms with Gasteiger partial charge < -0.3 is 14.8 Å². The number of hydrogen-bond acceptors (Lipinski definition) is 1. The second kappa shape index (κ2) is 7.04. The zero-order chi connectivity index (χ0) is 16.9. The highest BCUT2D eigenvalue weighted by molar-refractivity contribution is 6.01. The largest absolute Gasteiger partial charge is 0.353 e. The Morgan fingerprint density at radius 2 is 1.96 bits per heavy atom. The lowest BCUT2D eigenvalue weighted by Crippen LogP contribution is -2.35. The second-order valence-electron chi connectivity index (χ2n) is 5.74. The number of carbonyl (C=O) groups is 1. The van der Waals surface area contributed by atoms with E-state index in [1.165, 1.54) is 0 Å². The van der Waals surface area contributed by atoms with E-state index in [0.29, 0.717) is 13.1 Å². The second-order valence-corrected chi connectivity index (χ2v) is 5.74. The van der Waals surface area contributed by atoms with Gasteiger partial charge in [-0.3, -0.25) is 0 Å². The highest BCUT2D eigenvalue weighted by Crippen LogP contribution is 2.23. The molecule has 3 rings (SSSR count).